The minimum atomic E-state index is -2.58. The van der Waals surface area contributed by atoms with Crippen LogP contribution in [0, 0.1) is 0 Å². The zero-order chi connectivity index (χ0) is 29.5. The van der Waals surface area contributed by atoms with Crippen LogP contribution in [-0.4, -0.2) is 33.4 Å². The number of hydrogen-bond acceptors (Lipinski definition) is 6. The van der Waals surface area contributed by atoms with Crippen LogP contribution in [0.2, 0.25) is 0 Å². The molecule has 2 aliphatic heterocycles. The van der Waals surface area contributed by atoms with Crippen molar-refractivity contribution < 1.29 is 28.1 Å². The molecule has 6 rings (SSSR count). The van der Waals surface area contributed by atoms with Crippen LogP contribution < -0.4 is 9.47 Å². The molecular formula is C36H36BO6-. The van der Waals surface area contributed by atoms with E-state index in [1.807, 2.05) is 84.9 Å². The minimum absolute atomic E-state index is 0.277. The maximum Gasteiger partial charge on any atom is 0.532 e. The van der Waals surface area contributed by atoms with Crippen molar-refractivity contribution in [2.45, 2.75) is 37.3 Å². The van der Waals surface area contributed by atoms with E-state index < -0.39 is 6.96 Å². The Morgan fingerprint density at radius 3 is 1.30 bits per heavy atom. The van der Waals surface area contributed by atoms with Crippen LogP contribution in [0.3, 0.4) is 0 Å². The number of ether oxygens (including phenoxy) is 2. The molecule has 0 N–H and O–H groups in total. The summed E-state index contributed by atoms with van der Waals surface area (Å²) in [4.78, 5) is 0. The Bertz CT molecular complexity index is 1390. The van der Waals surface area contributed by atoms with Gasteiger partial charge in [0.2, 0.25) is 0 Å². The Morgan fingerprint density at radius 1 is 0.535 bits per heavy atom. The van der Waals surface area contributed by atoms with Crippen LogP contribution in [0.4, 0.5) is 0 Å². The molecule has 2 fully saturated rings. The third-order valence-corrected chi connectivity index (χ3v) is 7.82. The number of hydrogen-bond donors (Lipinski definition) is 0. The van der Waals surface area contributed by atoms with Crippen molar-refractivity contribution in [3.05, 3.63) is 144 Å². The molecule has 0 bridgehead atoms. The van der Waals surface area contributed by atoms with Crippen LogP contribution in [0.25, 0.3) is 12.2 Å². The van der Waals surface area contributed by atoms with Crippen molar-refractivity contribution in [2.24, 2.45) is 0 Å². The van der Waals surface area contributed by atoms with Crippen molar-refractivity contribution in [1.82, 2.24) is 0 Å². The fraction of sp³-hybridized carbons (Fsp3) is 0.222. The third-order valence-electron chi connectivity index (χ3n) is 7.82. The highest BCUT2D eigenvalue weighted by molar-refractivity contribution is 6.54. The van der Waals surface area contributed by atoms with Gasteiger partial charge in [-0.25, -0.2) is 0 Å². The molecule has 7 heteroatoms. The molecule has 0 radical (unpaired) electrons. The van der Waals surface area contributed by atoms with Gasteiger partial charge >= 0.3 is 6.96 Å². The lowest BCUT2D eigenvalue weighted by molar-refractivity contribution is -0.156. The first kappa shape index (κ1) is 29.0. The van der Waals surface area contributed by atoms with Gasteiger partial charge in [-0.15, -0.1) is 0 Å². The summed E-state index contributed by atoms with van der Waals surface area (Å²) < 4.78 is 37.2. The fourth-order valence-electron chi connectivity index (χ4n) is 5.55. The smallest absolute Gasteiger partial charge is 0.513 e. The summed E-state index contributed by atoms with van der Waals surface area (Å²) in [5.74, 6) is 1.63. The van der Waals surface area contributed by atoms with Crippen LogP contribution >= 0.6 is 0 Å². The fourth-order valence-corrected chi connectivity index (χ4v) is 5.55. The highest BCUT2D eigenvalue weighted by atomic mass is 16.9. The summed E-state index contributed by atoms with van der Waals surface area (Å²) >= 11 is 0. The van der Waals surface area contributed by atoms with Gasteiger partial charge in [-0.1, -0.05) is 109 Å². The molecule has 0 aromatic heterocycles. The second-order valence-corrected chi connectivity index (χ2v) is 10.7. The highest BCUT2D eigenvalue weighted by Crippen LogP contribution is 2.43. The third kappa shape index (κ3) is 7.27. The average Bonchev–Trinajstić information content (AvgIpc) is 3.07. The molecule has 1 spiro atoms. The van der Waals surface area contributed by atoms with Gasteiger partial charge in [0.1, 0.15) is 11.5 Å². The molecular weight excluding hydrogens is 539 g/mol. The van der Waals surface area contributed by atoms with E-state index in [4.69, 9.17) is 28.1 Å². The van der Waals surface area contributed by atoms with E-state index in [2.05, 4.69) is 48.6 Å². The van der Waals surface area contributed by atoms with Gasteiger partial charge in [0, 0.05) is 24.4 Å². The second kappa shape index (κ2) is 13.4. The zero-order valence-corrected chi connectivity index (χ0v) is 24.5. The van der Waals surface area contributed by atoms with Gasteiger partial charge in [-0.3, -0.25) is 0 Å². The van der Waals surface area contributed by atoms with Crippen molar-refractivity contribution in [3.8, 4) is 11.5 Å². The average molecular weight is 575 g/mol. The van der Waals surface area contributed by atoms with Crippen LogP contribution in [-0.2, 0) is 18.6 Å². The van der Waals surface area contributed by atoms with E-state index in [1.165, 1.54) is 0 Å². The maximum absolute atomic E-state index is 6.67. The molecule has 2 saturated heterocycles. The van der Waals surface area contributed by atoms with E-state index in [0.29, 0.717) is 12.8 Å². The van der Waals surface area contributed by atoms with Crippen LogP contribution in [0.15, 0.2) is 121 Å². The molecule has 0 amide bonds. The molecule has 4 atom stereocenters. The first-order chi connectivity index (χ1) is 21.1. The second-order valence-electron chi connectivity index (χ2n) is 10.7. The Balaban J connectivity index is 1.31. The largest absolute Gasteiger partial charge is 0.532 e. The van der Waals surface area contributed by atoms with Crippen LogP contribution in [0.5, 0.6) is 11.5 Å². The quantitative estimate of drug-likeness (QED) is 0.199. The van der Waals surface area contributed by atoms with Crippen molar-refractivity contribution >= 4 is 19.1 Å². The molecule has 43 heavy (non-hydrogen) atoms. The van der Waals surface area contributed by atoms with Gasteiger partial charge < -0.3 is 28.1 Å². The van der Waals surface area contributed by atoms with E-state index in [0.717, 1.165) is 33.8 Å². The Labute approximate surface area is 253 Å². The van der Waals surface area contributed by atoms with E-state index >= 15 is 0 Å². The van der Waals surface area contributed by atoms with Gasteiger partial charge in [0.15, 0.2) is 0 Å². The minimum Gasteiger partial charge on any atom is -0.513 e. The van der Waals surface area contributed by atoms with E-state index in [-0.39, 0.29) is 24.4 Å². The van der Waals surface area contributed by atoms with Crippen molar-refractivity contribution in [2.75, 3.05) is 14.2 Å². The number of benzene rings is 4. The summed E-state index contributed by atoms with van der Waals surface area (Å²) in [6.07, 6.45) is 8.31. The maximum atomic E-state index is 6.67. The summed E-state index contributed by atoms with van der Waals surface area (Å²) in [6.45, 7) is -2.58. The molecule has 6 nitrogen and oxygen atoms in total. The van der Waals surface area contributed by atoms with Gasteiger partial charge in [0.25, 0.3) is 0 Å². The summed E-state index contributed by atoms with van der Waals surface area (Å²) in [6, 6.07) is 36.2. The first-order valence-electron chi connectivity index (χ1n) is 14.7. The molecule has 220 valence electrons. The predicted octanol–water partition coefficient (Wildman–Crippen LogP) is 7.96. The molecule has 2 aliphatic rings. The van der Waals surface area contributed by atoms with Crippen molar-refractivity contribution in [1.29, 1.82) is 0 Å². The summed E-state index contributed by atoms with van der Waals surface area (Å²) in [5, 5.41) is 0. The Hall–Kier alpha value is -4.14. The Kier molecular flexibility index (Phi) is 9.06. The van der Waals surface area contributed by atoms with Crippen molar-refractivity contribution in [3.63, 3.8) is 0 Å². The lowest BCUT2D eigenvalue weighted by Gasteiger charge is -2.56. The zero-order valence-electron chi connectivity index (χ0n) is 24.5. The molecule has 2 heterocycles. The molecule has 0 aliphatic carbocycles. The predicted molar refractivity (Wildman–Crippen MR) is 169 cm³/mol. The van der Waals surface area contributed by atoms with Gasteiger partial charge in [-0.2, -0.15) is 0 Å². The van der Waals surface area contributed by atoms with E-state index in [9.17, 15) is 0 Å². The summed E-state index contributed by atoms with van der Waals surface area (Å²) in [7, 11) is 3.33. The lowest BCUT2D eigenvalue weighted by atomic mass is 9.88. The van der Waals surface area contributed by atoms with Gasteiger partial charge in [0.05, 0.1) is 14.2 Å². The summed E-state index contributed by atoms with van der Waals surface area (Å²) in [5.41, 5.74) is 4.19. The molecule has 4 aromatic rings. The normalized spacial score (nSPS) is 25.7. The van der Waals surface area contributed by atoms with Gasteiger partial charge in [-0.05, 0) is 59.4 Å². The standard InChI is InChI=1S/C36H36BO6/c1-38-31-19-13-27(14-20-31)17-23-33-25-35(29-9-5-3-6-10-29)42-37(40-33)41-34(24-18-28-15-21-32(39-2)22-16-28)26-36(43-37)30-11-7-4-8-12-30/h3-24,33-36H,25-26H2,1-2H3/q-1/b23-17+,24-18+. The monoisotopic (exact) mass is 575 g/mol. The Morgan fingerprint density at radius 2 is 0.930 bits per heavy atom. The highest BCUT2D eigenvalue weighted by Gasteiger charge is 2.47. The van der Waals surface area contributed by atoms with Crippen LogP contribution in [0.1, 0.15) is 47.3 Å². The topological polar surface area (TPSA) is 55.4 Å². The number of methoxy groups -OCH3 is 2. The first-order valence-corrected chi connectivity index (χ1v) is 14.7. The molecule has 4 unspecified atom stereocenters. The molecule has 0 saturated carbocycles. The lowest BCUT2D eigenvalue weighted by Crippen LogP contribution is -2.59. The molecule has 4 aromatic carbocycles. The van der Waals surface area contributed by atoms with E-state index in [1.54, 1.807) is 14.2 Å². The SMILES string of the molecule is COc1ccc(/C=C/C2CC(c3ccccc3)O[B-]3(O2)OC(/C=C/c2ccc(OC)cc2)CC(c2ccccc2)O3)cc1. The number of rotatable bonds is 8.